The number of hydrogen-bond donors (Lipinski definition) is 0. The van der Waals surface area contributed by atoms with E-state index in [1.807, 2.05) is 54.6 Å². The lowest BCUT2D eigenvalue weighted by molar-refractivity contribution is 0.0528. The van der Waals surface area contributed by atoms with Crippen molar-refractivity contribution in [3.05, 3.63) is 65.7 Å². The monoisotopic (exact) mass is 340 g/mol. The molecule has 25 heavy (non-hydrogen) atoms. The number of carbonyl (C=O) groups excluding carboxylic acids is 1. The van der Waals surface area contributed by atoms with Gasteiger partial charge in [0.15, 0.2) is 0 Å². The Morgan fingerprint density at radius 1 is 0.920 bits per heavy atom. The minimum absolute atomic E-state index is 0.264. The van der Waals surface area contributed by atoms with Crippen LogP contribution in [0.5, 0.6) is 5.75 Å². The van der Waals surface area contributed by atoms with Gasteiger partial charge in [0.05, 0.1) is 0 Å². The Kier molecular flexibility index (Phi) is 8.03. The molecule has 3 heteroatoms. The summed E-state index contributed by atoms with van der Waals surface area (Å²) in [6.07, 6.45) is 5.30. The molecule has 0 aliphatic heterocycles. The first-order valence-electron chi connectivity index (χ1n) is 9.25. The Bertz CT molecular complexity index is 619. The summed E-state index contributed by atoms with van der Waals surface area (Å²) in [6.45, 7) is 4.30. The van der Waals surface area contributed by atoms with E-state index in [-0.39, 0.29) is 6.10 Å². The van der Waals surface area contributed by atoms with E-state index in [1.54, 1.807) is 0 Å². The fourth-order valence-electron chi connectivity index (χ4n) is 2.79. The molecule has 0 amide bonds. The van der Waals surface area contributed by atoms with Gasteiger partial charge >= 0.3 is 6.16 Å². The van der Waals surface area contributed by atoms with Crippen molar-refractivity contribution in [3.63, 3.8) is 0 Å². The van der Waals surface area contributed by atoms with Crippen molar-refractivity contribution in [2.75, 3.05) is 0 Å². The molecule has 0 aliphatic rings. The summed E-state index contributed by atoms with van der Waals surface area (Å²) in [5.41, 5.74) is 2.25. The van der Waals surface area contributed by atoms with E-state index < -0.39 is 6.16 Å². The maximum atomic E-state index is 12.2. The molecule has 0 aromatic heterocycles. The van der Waals surface area contributed by atoms with Crippen LogP contribution in [0.2, 0.25) is 0 Å². The minimum atomic E-state index is -0.645. The van der Waals surface area contributed by atoms with Crippen molar-refractivity contribution in [2.45, 2.75) is 58.5 Å². The van der Waals surface area contributed by atoms with Crippen LogP contribution in [0, 0.1) is 0 Å². The van der Waals surface area contributed by atoms with Gasteiger partial charge in [-0.2, -0.15) is 0 Å². The summed E-state index contributed by atoms with van der Waals surface area (Å²) in [5, 5.41) is 0. The maximum absolute atomic E-state index is 12.2. The second-order valence-electron chi connectivity index (χ2n) is 6.26. The van der Waals surface area contributed by atoms with Crippen LogP contribution in [0.25, 0.3) is 0 Å². The summed E-state index contributed by atoms with van der Waals surface area (Å²) in [6, 6.07) is 17.5. The predicted molar refractivity (Wildman–Crippen MR) is 101 cm³/mol. The van der Waals surface area contributed by atoms with Crippen LogP contribution >= 0.6 is 0 Å². The highest BCUT2D eigenvalue weighted by molar-refractivity contribution is 5.64. The van der Waals surface area contributed by atoms with Crippen LogP contribution in [-0.2, 0) is 11.2 Å². The highest BCUT2D eigenvalue weighted by Crippen LogP contribution is 2.25. The second-order valence-corrected chi connectivity index (χ2v) is 6.26. The van der Waals surface area contributed by atoms with E-state index in [0.29, 0.717) is 5.75 Å². The quantitative estimate of drug-likeness (QED) is 0.298. The van der Waals surface area contributed by atoms with Gasteiger partial charge < -0.3 is 9.47 Å². The first-order chi connectivity index (χ1) is 12.2. The smallest absolute Gasteiger partial charge is 0.426 e. The molecule has 0 radical (unpaired) electrons. The van der Waals surface area contributed by atoms with Crippen molar-refractivity contribution >= 4 is 6.16 Å². The average Bonchev–Trinajstić information content (AvgIpc) is 2.64. The molecule has 134 valence electrons. The summed E-state index contributed by atoms with van der Waals surface area (Å²) >= 11 is 0. The minimum Gasteiger partial charge on any atom is -0.426 e. The largest absolute Gasteiger partial charge is 0.514 e. The van der Waals surface area contributed by atoms with Gasteiger partial charge in [0.25, 0.3) is 0 Å². The predicted octanol–water partition coefficient (Wildman–Crippen LogP) is 6.48. The molecular weight excluding hydrogens is 312 g/mol. The summed E-state index contributed by atoms with van der Waals surface area (Å²) in [4.78, 5) is 12.2. The molecule has 1 atom stereocenters. The lowest BCUT2D eigenvalue weighted by atomic mass is 10.0. The van der Waals surface area contributed by atoms with E-state index in [9.17, 15) is 4.79 Å². The molecule has 0 heterocycles. The van der Waals surface area contributed by atoms with Crippen LogP contribution in [0.4, 0.5) is 4.79 Å². The third kappa shape index (κ3) is 6.61. The van der Waals surface area contributed by atoms with Crippen LogP contribution in [0.15, 0.2) is 54.6 Å². The van der Waals surface area contributed by atoms with Gasteiger partial charge in [0, 0.05) is 0 Å². The zero-order valence-electron chi connectivity index (χ0n) is 15.2. The molecule has 0 saturated heterocycles. The van der Waals surface area contributed by atoms with E-state index in [1.165, 1.54) is 5.56 Å². The van der Waals surface area contributed by atoms with E-state index in [4.69, 9.17) is 9.47 Å². The molecular formula is C22H28O3. The van der Waals surface area contributed by atoms with Crippen molar-refractivity contribution in [3.8, 4) is 5.75 Å². The number of aryl methyl sites for hydroxylation is 1. The van der Waals surface area contributed by atoms with Crippen molar-refractivity contribution in [1.29, 1.82) is 0 Å². The molecule has 0 bridgehead atoms. The number of benzene rings is 2. The second kappa shape index (κ2) is 10.5. The number of carbonyl (C=O) groups is 1. The van der Waals surface area contributed by atoms with Crippen LogP contribution in [0.1, 0.15) is 63.2 Å². The standard InChI is InChI=1S/C22H28O3/c1-3-5-7-13-21(19-11-8-6-9-12-19)25-22(23)24-20-16-14-18(10-4-2)15-17-20/h6,8-9,11-12,14-17,21H,3-5,7,10,13H2,1-2H3. The number of unbranched alkanes of at least 4 members (excludes halogenated alkanes) is 2. The van der Waals surface area contributed by atoms with Gasteiger partial charge in [0.1, 0.15) is 11.9 Å². The molecule has 2 aromatic rings. The fourth-order valence-corrected chi connectivity index (χ4v) is 2.79. The van der Waals surface area contributed by atoms with Gasteiger partial charge in [-0.1, -0.05) is 75.6 Å². The van der Waals surface area contributed by atoms with Crippen molar-refractivity contribution < 1.29 is 14.3 Å². The van der Waals surface area contributed by atoms with E-state index >= 15 is 0 Å². The normalized spacial score (nSPS) is 11.8. The number of hydrogen-bond acceptors (Lipinski definition) is 3. The number of ether oxygens (including phenoxy) is 2. The molecule has 0 aliphatic carbocycles. The average molecular weight is 340 g/mol. The Labute approximate surface area is 151 Å². The topological polar surface area (TPSA) is 35.5 Å². The van der Waals surface area contributed by atoms with Crippen molar-refractivity contribution in [2.24, 2.45) is 0 Å². The molecule has 0 N–H and O–H groups in total. The van der Waals surface area contributed by atoms with Crippen molar-refractivity contribution in [1.82, 2.24) is 0 Å². The summed E-state index contributed by atoms with van der Waals surface area (Å²) < 4.78 is 10.9. The van der Waals surface area contributed by atoms with Crippen LogP contribution in [-0.4, -0.2) is 6.16 Å². The third-order valence-corrected chi connectivity index (χ3v) is 4.14. The Morgan fingerprint density at radius 3 is 2.28 bits per heavy atom. The molecule has 0 fully saturated rings. The zero-order chi connectivity index (χ0) is 17.9. The Morgan fingerprint density at radius 2 is 1.64 bits per heavy atom. The number of rotatable bonds is 9. The molecule has 2 rings (SSSR count). The SMILES string of the molecule is CCCCCC(OC(=O)Oc1ccc(CCC)cc1)c1ccccc1. The van der Waals surface area contributed by atoms with Gasteiger partial charge in [-0.05, 0) is 42.5 Å². The summed E-state index contributed by atoms with van der Waals surface area (Å²) in [7, 11) is 0. The lowest BCUT2D eigenvalue weighted by Crippen LogP contribution is -2.15. The highest BCUT2D eigenvalue weighted by Gasteiger charge is 2.18. The van der Waals surface area contributed by atoms with Gasteiger partial charge in [0.2, 0.25) is 0 Å². The molecule has 0 spiro atoms. The maximum Gasteiger partial charge on any atom is 0.514 e. The zero-order valence-corrected chi connectivity index (χ0v) is 15.2. The van der Waals surface area contributed by atoms with Crippen LogP contribution in [0.3, 0.4) is 0 Å². The lowest BCUT2D eigenvalue weighted by Gasteiger charge is -2.18. The molecule has 3 nitrogen and oxygen atoms in total. The first kappa shape index (κ1) is 19.0. The molecule has 1 unspecified atom stereocenters. The third-order valence-electron chi connectivity index (χ3n) is 4.14. The molecule has 0 saturated carbocycles. The molecule has 2 aromatic carbocycles. The van der Waals surface area contributed by atoms with E-state index in [2.05, 4.69) is 13.8 Å². The highest BCUT2D eigenvalue weighted by atomic mass is 16.7. The van der Waals surface area contributed by atoms with Crippen LogP contribution < -0.4 is 4.74 Å². The van der Waals surface area contributed by atoms with Gasteiger partial charge in [-0.3, -0.25) is 0 Å². The summed E-state index contributed by atoms with van der Waals surface area (Å²) in [5.74, 6) is 0.519. The Hall–Kier alpha value is -2.29. The first-order valence-corrected chi connectivity index (χ1v) is 9.25. The Balaban J connectivity index is 1.95. The van der Waals surface area contributed by atoms with Gasteiger partial charge in [-0.15, -0.1) is 0 Å². The fraction of sp³-hybridized carbons (Fsp3) is 0.409. The van der Waals surface area contributed by atoms with Gasteiger partial charge in [-0.25, -0.2) is 4.79 Å². The van der Waals surface area contributed by atoms with E-state index in [0.717, 1.165) is 44.1 Å².